The third-order valence-electron chi connectivity index (χ3n) is 4.68. The lowest BCUT2D eigenvalue weighted by Crippen LogP contribution is -2.48. The van der Waals surface area contributed by atoms with Crippen LogP contribution in [0.2, 0.25) is 0 Å². The van der Waals surface area contributed by atoms with Crippen molar-refractivity contribution in [2.45, 2.75) is 71.4 Å². The topological polar surface area (TPSA) is 64.6 Å². The molecule has 1 amide bonds. The molecule has 8 heteroatoms. The lowest BCUT2D eigenvalue weighted by Gasteiger charge is -2.28. The van der Waals surface area contributed by atoms with Gasteiger partial charge in [-0.3, -0.25) is 4.79 Å². The Bertz CT molecular complexity index is 723. The predicted molar refractivity (Wildman–Crippen MR) is 101 cm³/mol. The number of esters is 1. The zero-order valence-corrected chi connectivity index (χ0v) is 17.3. The van der Waals surface area contributed by atoms with Crippen LogP contribution in [-0.4, -0.2) is 29.8 Å². The van der Waals surface area contributed by atoms with E-state index in [0.717, 1.165) is 12.1 Å². The summed E-state index contributed by atoms with van der Waals surface area (Å²) in [5, 5.41) is 2.78. The second-order valence-corrected chi connectivity index (χ2v) is 8.72. The van der Waals surface area contributed by atoms with E-state index in [1.54, 1.807) is 20.8 Å². The van der Waals surface area contributed by atoms with E-state index in [2.05, 4.69) is 5.32 Å². The fourth-order valence-electron chi connectivity index (χ4n) is 3.30. The molecule has 1 N–H and O–H groups in total. The molecule has 0 aliphatic carbocycles. The molecule has 0 radical (unpaired) electrons. The van der Waals surface area contributed by atoms with Crippen LogP contribution in [0.1, 0.15) is 52.2 Å². The number of ether oxygens (including phenoxy) is 2. The largest absolute Gasteiger partial charge is 0.460 e. The van der Waals surface area contributed by atoms with Gasteiger partial charge in [-0.1, -0.05) is 26.0 Å². The van der Waals surface area contributed by atoms with Gasteiger partial charge in [0, 0.05) is 6.42 Å². The molecule has 29 heavy (non-hydrogen) atoms. The maximum Gasteiger partial charge on any atom is 0.416 e. The summed E-state index contributed by atoms with van der Waals surface area (Å²) in [5.41, 5.74) is -0.750. The number of halogens is 3. The number of benzene rings is 1. The van der Waals surface area contributed by atoms with Gasteiger partial charge < -0.3 is 14.8 Å². The SMILES string of the molecule is CC(C)C(NC(=O)OC(C)(C)C)[C@@H]1C[C@@H](Cc2ccc(C(F)(F)F)cc2)C(=O)O1. The number of carbonyl (C=O) groups is 2. The Morgan fingerprint density at radius 2 is 1.79 bits per heavy atom. The Morgan fingerprint density at radius 1 is 1.21 bits per heavy atom. The van der Waals surface area contributed by atoms with Crippen molar-refractivity contribution in [1.82, 2.24) is 5.32 Å². The summed E-state index contributed by atoms with van der Waals surface area (Å²) in [6.45, 7) is 9.07. The minimum Gasteiger partial charge on any atom is -0.460 e. The highest BCUT2D eigenvalue weighted by Gasteiger charge is 2.41. The van der Waals surface area contributed by atoms with Crippen molar-refractivity contribution in [1.29, 1.82) is 0 Å². The first kappa shape index (κ1) is 23.0. The Kier molecular flexibility index (Phi) is 6.86. The van der Waals surface area contributed by atoms with Crippen molar-refractivity contribution in [2.24, 2.45) is 11.8 Å². The number of alkyl halides is 3. The number of hydrogen-bond donors (Lipinski definition) is 1. The van der Waals surface area contributed by atoms with Crippen LogP contribution in [0.5, 0.6) is 0 Å². The van der Waals surface area contributed by atoms with Gasteiger partial charge in [0.05, 0.1) is 17.5 Å². The third-order valence-corrected chi connectivity index (χ3v) is 4.68. The number of nitrogens with one attached hydrogen (secondary N) is 1. The van der Waals surface area contributed by atoms with Crippen LogP contribution >= 0.6 is 0 Å². The van der Waals surface area contributed by atoms with Gasteiger partial charge in [-0.05, 0) is 50.8 Å². The highest BCUT2D eigenvalue weighted by Crippen LogP contribution is 2.32. The molecule has 0 saturated carbocycles. The standard InChI is InChI=1S/C21H28F3NO4/c1-12(2)17(25-19(27)29-20(3,4)5)16-11-14(18(26)28-16)10-13-6-8-15(9-7-13)21(22,23)24/h6-9,12,14,16-17H,10-11H2,1-5H3,(H,25,27)/t14-,16+,17?/m1/s1. The van der Waals surface area contributed by atoms with Crippen molar-refractivity contribution < 1.29 is 32.2 Å². The van der Waals surface area contributed by atoms with Gasteiger partial charge in [0.25, 0.3) is 0 Å². The second kappa shape index (κ2) is 8.63. The van der Waals surface area contributed by atoms with Gasteiger partial charge in [-0.25, -0.2) is 4.79 Å². The van der Waals surface area contributed by atoms with Gasteiger partial charge in [0.1, 0.15) is 11.7 Å². The van der Waals surface area contributed by atoms with E-state index in [0.29, 0.717) is 12.0 Å². The van der Waals surface area contributed by atoms with Crippen molar-refractivity contribution in [2.75, 3.05) is 0 Å². The highest BCUT2D eigenvalue weighted by atomic mass is 19.4. The number of cyclic esters (lactones) is 1. The Hall–Kier alpha value is -2.25. The smallest absolute Gasteiger partial charge is 0.416 e. The van der Waals surface area contributed by atoms with Crippen LogP contribution in [-0.2, 0) is 26.9 Å². The van der Waals surface area contributed by atoms with Gasteiger partial charge in [-0.2, -0.15) is 13.2 Å². The maximum absolute atomic E-state index is 12.7. The Labute approximate surface area is 168 Å². The highest BCUT2D eigenvalue weighted by molar-refractivity contribution is 5.75. The fourth-order valence-corrected chi connectivity index (χ4v) is 3.30. The molecule has 2 rings (SSSR count). The molecule has 5 nitrogen and oxygen atoms in total. The summed E-state index contributed by atoms with van der Waals surface area (Å²) in [7, 11) is 0. The molecule has 1 aliphatic heterocycles. The monoisotopic (exact) mass is 415 g/mol. The minimum absolute atomic E-state index is 0.00913. The van der Waals surface area contributed by atoms with Crippen LogP contribution in [0.3, 0.4) is 0 Å². The molecule has 1 aromatic rings. The summed E-state index contributed by atoms with van der Waals surface area (Å²) in [6, 6.07) is 4.35. The fraction of sp³-hybridized carbons (Fsp3) is 0.619. The summed E-state index contributed by atoms with van der Waals surface area (Å²) in [4.78, 5) is 24.4. The molecule has 0 bridgehead atoms. The average Bonchev–Trinajstić information content (AvgIpc) is 2.91. The van der Waals surface area contributed by atoms with E-state index in [9.17, 15) is 22.8 Å². The van der Waals surface area contributed by atoms with E-state index in [-0.39, 0.29) is 12.3 Å². The molecule has 1 saturated heterocycles. The van der Waals surface area contributed by atoms with Crippen LogP contribution in [0.25, 0.3) is 0 Å². The summed E-state index contributed by atoms with van der Waals surface area (Å²) in [5.74, 6) is -0.893. The molecule has 162 valence electrons. The van der Waals surface area contributed by atoms with Gasteiger partial charge in [-0.15, -0.1) is 0 Å². The van der Waals surface area contributed by atoms with Gasteiger partial charge in [0.2, 0.25) is 0 Å². The molecular weight excluding hydrogens is 387 g/mol. The molecule has 1 aliphatic rings. The van der Waals surface area contributed by atoms with Crippen molar-refractivity contribution in [3.05, 3.63) is 35.4 Å². The van der Waals surface area contributed by atoms with Crippen molar-refractivity contribution >= 4 is 12.1 Å². The van der Waals surface area contributed by atoms with Gasteiger partial charge >= 0.3 is 18.2 Å². The molecule has 0 aromatic heterocycles. The number of carbonyl (C=O) groups excluding carboxylic acids is 2. The minimum atomic E-state index is -4.40. The van der Waals surface area contributed by atoms with E-state index >= 15 is 0 Å². The average molecular weight is 415 g/mol. The summed E-state index contributed by atoms with van der Waals surface area (Å²) < 4.78 is 48.8. The quantitative estimate of drug-likeness (QED) is 0.707. The van der Waals surface area contributed by atoms with Crippen molar-refractivity contribution in [3.63, 3.8) is 0 Å². The van der Waals surface area contributed by atoms with Crippen molar-refractivity contribution in [3.8, 4) is 0 Å². The van der Waals surface area contributed by atoms with Crippen LogP contribution in [0.4, 0.5) is 18.0 Å². The molecular formula is C21H28F3NO4. The Balaban J connectivity index is 2.02. The molecule has 1 aromatic carbocycles. The van der Waals surface area contributed by atoms with Crippen LogP contribution in [0, 0.1) is 11.8 Å². The lowest BCUT2D eigenvalue weighted by molar-refractivity contribution is -0.145. The number of amides is 1. The summed E-state index contributed by atoms with van der Waals surface area (Å²) >= 11 is 0. The number of hydrogen-bond acceptors (Lipinski definition) is 4. The van der Waals surface area contributed by atoms with E-state index in [4.69, 9.17) is 9.47 Å². The Morgan fingerprint density at radius 3 is 2.28 bits per heavy atom. The lowest BCUT2D eigenvalue weighted by atomic mass is 9.90. The zero-order valence-electron chi connectivity index (χ0n) is 17.3. The molecule has 1 heterocycles. The molecule has 3 atom stereocenters. The number of alkyl carbamates (subject to hydrolysis) is 1. The second-order valence-electron chi connectivity index (χ2n) is 8.72. The van der Waals surface area contributed by atoms with Crippen LogP contribution in [0.15, 0.2) is 24.3 Å². The summed E-state index contributed by atoms with van der Waals surface area (Å²) in [6.07, 6.45) is -4.84. The molecule has 0 spiro atoms. The van der Waals surface area contributed by atoms with E-state index in [1.165, 1.54) is 12.1 Å². The first-order chi connectivity index (χ1) is 13.3. The van der Waals surface area contributed by atoms with E-state index < -0.39 is 47.5 Å². The number of rotatable bonds is 5. The first-order valence-electron chi connectivity index (χ1n) is 9.62. The predicted octanol–water partition coefficient (Wildman–Crippen LogP) is 4.73. The van der Waals surface area contributed by atoms with Crippen LogP contribution < -0.4 is 5.32 Å². The molecule has 1 unspecified atom stereocenters. The molecule has 1 fully saturated rings. The zero-order chi connectivity index (χ0) is 22.0. The maximum atomic E-state index is 12.7. The van der Waals surface area contributed by atoms with Gasteiger partial charge in [0.15, 0.2) is 0 Å². The normalized spacial score (nSPS) is 21.1. The van der Waals surface area contributed by atoms with E-state index in [1.807, 2.05) is 13.8 Å². The first-order valence-corrected chi connectivity index (χ1v) is 9.62. The third kappa shape index (κ3) is 6.65.